The zero-order valence-corrected chi connectivity index (χ0v) is 9.12. The lowest BCUT2D eigenvalue weighted by Crippen LogP contribution is -2.44. The minimum absolute atomic E-state index is 0.0900. The van der Waals surface area contributed by atoms with Crippen molar-refractivity contribution in [3.8, 4) is 0 Å². The van der Waals surface area contributed by atoms with Gasteiger partial charge in [-0.3, -0.25) is 4.79 Å². The van der Waals surface area contributed by atoms with Gasteiger partial charge in [-0.2, -0.15) is 0 Å². The Morgan fingerprint density at radius 1 is 1.17 bits per heavy atom. The Labute approximate surface area is 75.7 Å². The summed E-state index contributed by atoms with van der Waals surface area (Å²) in [6.45, 7) is 12.6. The first-order valence-electron chi connectivity index (χ1n) is 4.41. The summed E-state index contributed by atoms with van der Waals surface area (Å²) in [6.07, 6.45) is 0. The molecule has 0 unspecified atom stereocenters. The molecule has 0 aliphatic heterocycles. The average Bonchev–Trinajstić information content (AvgIpc) is 1.82. The van der Waals surface area contributed by atoms with E-state index in [1.807, 2.05) is 13.8 Å². The van der Waals surface area contributed by atoms with Crippen LogP contribution in [0, 0.1) is 5.41 Å². The standard InChI is InChI=1S/C10H21NO/c1-8(12)10(5,6)7-11-9(2,3)4/h11H,7H2,1-6H3. The van der Waals surface area contributed by atoms with Gasteiger partial charge in [-0.1, -0.05) is 13.8 Å². The summed E-state index contributed by atoms with van der Waals surface area (Å²) in [6, 6.07) is 0. The highest BCUT2D eigenvalue weighted by Gasteiger charge is 2.25. The highest BCUT2D eigenvalue weighted by Crippen LogP contribution is 2.16. The molecule has 0 rings (SSSR count). The maximum atomic E-state index is 11.1. The van der Waals surface area contributed by atoms with Gasteiger partial charge >= 0.3 is 0 Å². The quantitative estimate of drug-likeness (QED) is 0.703. The minimum atomic E-state index is -0.243. The van der Waals surface area contributed by atoms with Crippen LogP contribution in [0.2, 0.25) is 0 Å². The molecule has 0 heterocycles. The summed E-state index contributed by atoms with van der Waals surface area (Å²) in [7, 11) is 0. The van der Waals surface area contributed by atoms with E-state index in [0.29, 0.717) is 0 Å². The molecule has 0 aromatic heterocycles. The summed E-state index contributed by atoms with van der Waals surface area (Å²) >= 11 is 0. The fraction of sp³-hybridized carbons (Fsp3) is 0.900. The maximum absolute atomic E-state index is 11.1. The zero-order chi connectivity index (χ0) is 9.99. The fourth-order valence-corrected chi connectivity index (χ4v) is 0.611. The molecule has 0 aliphatic carbocycles. The van der Waals surface area contributed by atoms with Crippen LogP contribution >= 0.6 is 0 Å². The Morgan fingerprint density at radius 2 is 1.58 bits per heavy atom. The van der Waals surface area contributed by atoms with Crippen molar-refractivity contribution in [1.82, 2.24) is 5.32 Å². The molecule has 0 saturated carbocycles. The van der Waals surface area contributed by atoms with Crippen molar-refractivity contribution in [2.75, 3.05) is 6.54 Å². The van der Waals surface area contributed by atoms with Gasteiger partial charge in [0.2, 0.25) is 0 Å². The van der Waals surface area contributed by atoms with Crippen LogP contribution in [0.1, 0.15) is 41.5 Å². The molecule has 0 bridgehead atoms. The smallest absolute Gasteiger partial charge is 0.136 e. The molecule has 2 nitrogen and oxygen atoms in total. The molecule has 0 atom stereocenters. The third-order valence-corrected chi connectivity index (χ3v) is 2.01. The number of Topliss-reactive ketones (excluding diaryl/α,β-unsaturated/α-hetero) is 1. The highest BCUT2D eigenvalue weighted by molar-refractivity contribution is 5.81. The molecule has 0 aromatic carbocycles. The number of nitrogens with one attached hydrogen (secondary N) is 1. The molecule has 0 radical (unpaired) electrons. The van der Waals surface area contributed by atoms with Crippen molar-refractivity contribution >= 4 is 5.78 Å². The molecule has 0 amide bonds. The van der Waals surface area contributed by atoms with Crippen LogP contribution in [0.15, 0.2) is 0 Å². The first-order valence-corrected chi connectivity index (χ1v) is 4.41. The van der Waals surface area contributed by atoms with Gasteiger partial charge in [-0.15, -0.1) is 0 Å². The third-order valence-electron chi connectivity index (χ3n) is 2.01. The third kappa shape index (κ3) is 4.50. The molecular formula is C10H21NO. The second kappa shape index (κ2) is 3.56. The SMILES string of the molecule is CC(=O)C(C)(C)CNC(C)(C)C. The highest BCUT2D eigenvalue weighted by atomic mass is 16.1. The number of hydrogen-bond acceptors (Lipinski definition) is 2. The summed E-state index contributed by atoms with van der Waals surface area (Å²) in [4.78, 5) is 11.1. The van der Waals surface area contributed by atoms with Crippen molar-refractivity contribution in [2.45, 2.75) is 47.1 Å². The van der Waals surface area contributed by atoms with Gasteiger partial charge in [0.15, 0.2) is 0 Å². The van der Waals surface area contributed by atoms with Crippen molar-refractivity contribution < 1.29 is 4.79 Å². The summed E-state index contributed by atoms with van der Waals surface area (Å²) < 4.78 is 0. The van der Waals surface area contributed by atoms with E-state index in [0.717, 1.165) is 6.54 Å². The van der Waals surface area contributed by atoms with Gasteiger partial charge in [0.05, 0.1) is 0 Å². The van der Waals surface area contributed by atoms with E-state index in [-0.39, 0.29) is 16.7 Å². The molecule has 0 aliphatic rings. The molecule has 0 aromatic rings. The second-order valence-corrected chi connectivity index (χ2v) is 5.04. The first-order chi connectivity index (χ1) is 5.15. The largest absolute Gasteiger partial charge is 0.311 e. The number of carbonyl (C=O) groups is 1. The Kier molecular flexibility index (Phi) is 3.45. The van der Waals surface area contributed by atoms with E-state index < -0.39 is 0 Å². The van der Waals surface area contributed by atoms with Crippen molar-refractivity contribution in [2.24, 2.45) is 5.41 Å². The molecule has 2 heteroatoms. The molecule has 1 N–H and O–H groups in total. The normalized spacial score (nSPS) is 13.2. The lowest BCUT2D eigenvalue weighted by atomic mass is 9.88. The van der Waals surface area contributed by atoms with E-state index in [4.69, 9.17) is 0 Å². The Balaban J connectivity index is 4.01. The second-order valence-electron chi connectivity index (χ2n) is 5.04. The minimum Gasteiger partial charge on any atom is -0.311 e. The molecule has 0 saturated heterocycles. The van der Waals surface area contributed by atoms with Gasteiger partial charge in [0.1, 0.15) is 5.78 Å². The van der Waals surface area contributed by atoms with Crippen molar-refractivity contribution in [3.05, 3.63) is 0 Å². The van der Waals surface area contributed by atoms with Crippen LogP contribution in [-0.4, -0.2) is 17.9 Å². The van der Waals surface area contributed by atoms with E-state index in [1.54, 1.807) is 6.92 Å². The summed E-state index contributed by atoms with van der Waals surface area (Å²) in [5.41, 5.74) is -0.153. The van der Waals surface area contributed by atoms with Gasteiger partial charge in [-0.05, 0) is 27.7 Å². The lowest BCUT2D eigenvalue weighted by molar-refractivity contribution is -0.124. The summed E-state index contributed by atoms with van der Waals surface area (Å²) in [5, 5.41) is 3.32. The van der Waals surface area contributed by atoms with Crippen molar-refractivity contribution in [3.63, 3.8) is 0 Å². The maximum Gasteiger partial charge on any atom is 0.136 e. The first kappa shape index (κ1) is 11.6. The van der Waals surface area contributed by atoms with E-state index in [2.05, 4.69) is 26.1 Å². The Hall–Kier alpha value is -0.370. The number of ketones is 1. The van der Waals surface area contributed by atoms with E-state index in [9.17, 15) is 4.79 Å². The number of carbonyl (C=O) groups excluding carboxylic acids is 1. The van der Waals surface area contributed by atoms with Crippen LogP contribution in [0.3, 0.4) is 0 Å². The van der Waals surface area contributed by atoms with Crippen molar-refractivity contribution in [1.29, 1.82) is 0 Å². The van der Waals surface area contributed by atoms with Crippen LogP contribution < -0.4 is 5.32 Å². The molecule has 72 valence electrons. The summed E-state index contributed by atoms with van der Waals surface area (Å²) in [5.74, 6) is 0.235. The number of hydrogen-bond donors (Lipinski definition) is 1. The topological polar surface area (TPSA) is 29.1 Å². The van der Waals surface area contributed by atoms with Gasteiger partial charge in [0, 0.05) is 17.5 Å². The average molecular weight is 171 g/mol. The lowest BCUT2D eigenvalue weighted by Gasteiger charge is -2.28. The monoisotopic (exact) mass is 171 g/mol. The predicted molar refractivity (Wildman–Crippen MR) is 52.2 cm³/mol. The molecule has 0 fully saturated rings. The molecular weight excluding hydrogens is 150 g/mol. The van der Waals surface area contributed by atoms with E-state index in [1.165, 1.54) is 0 Å². The van der Waals surface area contributed by atoms with Gasteiger partial charge in [-0.25, -0.2) is 0 Å². The van der Waals surface area contributed by atoms with Gasteiger partial charge < -0.3 is 5.32 Å². The number of rotatable bonds is 3. The Bertz CT molecular complexity index is 165. The van der Waals surface area contributed by atoms with Crippen LogP contribution in [0.5, 0.6) is 0 Å². The predicted octanol–water partition coefficient (Wildman–Crippen LogP) is 1.99. The van der Waals surface area contributed by atoms with Crippen LogP contribution in [-0.2, 0) is 4.79 Å². The van der Waals surface area contributed by atoms with Gasteiger partial charge in [0.25, 0.3) is 0 Å². The zero-order valence-electron chi connectivity index (χ0n) is 9.12. The molecule has 12 heavy (non-hydrogen) atoms. The van der Waals surface area contributed by atoms with Crippen LogP contribution in [0.4, 0.5) is 0 Å². The fourth-order valence-electron chi connectivity index (χ4n) is 0.611. The van der Waals surface area contributed by atoms with Crippen LogP contribution in [0.25, 0.3) is 0 Å². The molecule has 0 spiro atoms. The van der Waals surface area contributed by atoms with E-state index >= 15 is 0 Å². The Morgan fingerprint density at radius 3 is 1.83 bits per heavy atom.